The summed E-state index contributed by atoms with van der Waals surface area (Å²) in [6.45, 7) is 4.84. The van der Waals surface area contributed by atoms with Crippen LogP contribution >= 0.6 is 0 Å². The van der Waals surface area contributed by atoms with E-state index in [9.17, 15) is 14.0 Å². The minimum atomic E-state index is -0.340. The van der Waals surface area contributed by atoms with Gasteiger partial charge < -0.3 is 10.2 Å². The average molecular weight is 279 g/mol. The number of carbonyl (C=O) groups excluding carboxylic acids is 2. The van der Waals surface area contributed by atoms with Gasteiger partial charge in [0, 0.05) is 11.7 Å². The molecule has 1 atom stereocenters. The Morgan fingerprint density at radius 2 is 2.00 bits per heavy atom. The summed E-state index contributed by atoms with van der Waals surface area (Å²) in [4.78, 5) is 24.6. The van der Waals surface area contributed by atoms with Gasteiger partial charge in [0.25, 0.3) is 0 Å². The van der Waals surface area contributed by atoms with Crippen molar-refractivity contribution in [3.8, 4) is 0 Å². The van der Waals surface area contributed by atoms with Crippen molar-refractivity contribution in [2.45, 2.75) is 19.9 Å². The molecule has 0 spiro atoms. The smallest absolute Gasteiger partial charge is 0.246 e. The fourth-order valence-corrected chi connectivity index (χ4v) is 2.38. The van der Waals surface area contributed by atoms with Gasteiger partial charge in [-0.1, -0.05) is 6.92 Å². The molecule has 5 nitrogen and oxygen atoms in total. The summed E-state index contributed by atoms with van der Waals surface area (Å²) in [6, 6.07) is 4.34. The third kappa shape index (κ3) is 3.14. The molecule has 1 heterocycles. The van der Waals surface area contributed by atoms with Crippen molar-refractivity contribution in [2.24, 2.45) is 0 Å². The van der Waals surface area contributed by atoms with Gasteiger partial charge in [-0.3, -0.25) is 14.9 Å². The van der Waals surface area contributed by atoms with Crippen LogP contribution in [0.3, 0.4) is 0 Å². The van der Waals surface area contributed by atoms with E-state index in [4.69, 9.17) is 0 Å². The van der Waals surface area contributed by atoms with E-state index in [2.05, 4.69) is 10.6 Å². The zero-order valence-electron chi connectivity index (χ0n) is 11.6. The molecule has 108 valence electrons. The van der Waals surface area contributed by atoms with Crippen molar-refractivity contribution in [1.82, 2.24) is 10.6 Å². The number of piperazine rings is 1. The van der Waals surface area contributed by atoms with Crippen LogP contribution in [-0.4, -0.2) is 31.4 Å². The van der Waals surface area contributed by atoms with Crippen LogP contribution < -0.4 is 15.5 Å². The lowest BCUT2D eigenvalue weighted by atomic mass is 10.0. The molecule has 0 bridgehead atoms. The lowest BCUT2D eigenvalue weighted by Crippen LogP contribution is -2.51. The molecular formula is C14H18FN3O2. The molecule has 2 N–H and O–H groups in total. The summed E-state index contributed by atoms with van der Waals surface area (Å²) in [5.41, 5.74) is 1.46. The van der Waals surface area contributed by atoms with Gasteiger partial charge in [0.05, 0.1) is 13.1 Å². The number of hydrogen-bond donors (Lipinski definition) is 2. The van der Waals surface area contributed by atoms with Gasteiger partial charge in [-0.15, -0.1) is 0 Å². The lowest BCUT2D eigenvalue weighted by molar-refractivity contribution is -0.130. The van der Waals surface area contributed by atoms with Crippen LogP contribution in [0.4, 0.5) is 10.1 Å². The van der Waals surface area contributed by atoms with E-state index in [1.54, 1.807) is 11.0 Å². The molecule has 2 rings (SSSR count). The van der Waals surface area contributed by atoms with Crippen LogP contribution in [0.15, 0.2) is 18.2 Å². The number of hydrogen-bond acceptors (Lipinski definition) is 4. The highest BCUT2D eigenvalue weighted by molar-refractivity contribution is 6.02. The van der Waals surface area contributed by atoms with E-state index in [1.807, 2.05) is 13.8 Å². The first kappa shape index (κ1) is 14.5. The summed E-state index contributed by atoms with van der Waals surface area (Å²) in [5, 5.41) is 5.47. The first-order valence-electron chi connectivity index (χ1n) is 6.61. The number of nitrogens with zero attached hydrogens (tertiary/aromatic N) is 1. The Morgan fingerprint density at radius 1 is 1.35 bits per heavy atom. The zero-order chi connectivity index (χ0) is 14.7. The van der Waals surface area contributed by atoms with E-state index in [0.717, 1.165) is 12.1 Å². The first-order chi connectivity index (χ1) is 9.51. The van der Waals surface area contributed by atoms with Gasteiger partial charge in [0.2, 0.25) is 11.8 Å². The van der Waals surface area contributed by atoms with Crippen LogP contribution in [0, 0.1) is 5.82 Å². The number of imide groups is 1. The zero-order valence-corrected chi connectivity index (χ0v) is 11.6. The molecule has 20 heavy (non-hydrogen) atoms. The van der Waals surface area contributed by atoms with Crippen molar-refractivity contribution in [3.63, 3.8) is 0 Å². The molecule has 0 saturated carbocycles. The number of nitrogens with one attached hydrogen (secondary N) is 2. The molecule has 2 amide bonds. The number of halogens is 1. The normalized spacial score (nSPS) is 17.1. The Balaban J connectivity index is 2.34. The standard InChI is InChI=1S/C14H18FN3O2/c1-3-16-9(2)11-6-10(15)4-5-12(11)18-7-13(19)17-14(20)8-18/h4-6,9,16H,3,7-8H2,1-2H3,(H,17,19,20). The number of carbonyl (C=O) groups is 2. The van der Waals surface area contributed by atoms with Crippen LogP contribution in [0.25, 0.3) is 0 Å². The molecule has 1 fully saturated rings. The quantitative estimate of drug-likeness (QED) is 0.806. The predicted molar refractivity (Wildman–Crippen MR) is 73.9 cm³/mol. The fraction of sp³-hybridized carbons (Fsp3) is 0.429. The highest BCUT2D eigenvalue weighted by Gasteiger charge is 2.25. The molecule has 1 aromatic rings. The minimum Gasteiger partial charge on any atom is -0.353 e. The van der Waals surface area contributed by atoms with E-state index < -0.39 is 0 Å². The van der Waals surface area contributed by atoms with Crippen molar-refractivity contribution < 1.29 is 14.0 Å². The Bertz CT molecular complexity index is 517. The molecule has 0 aliphatic carbocycles. The number of amides is 2. The highest BCUT2D eigenvalue weighted by Crippen LogP contribution is 2.27. The molecule has 0 aromatic heterocycles. The van der Waals surface area contributed by atoms with Gasteiger partial charge >= 0.3 is 0 Å². The second-order valence-corrected chi connectivity index (χ2v) is 4.81. The summed E-state index contributed by atoms with van der Waals surface area (Å²) in [7, 11) is 0. The SMILES string of the molecule is CCNC(C)c1cc(F)ccc1N1CC(=O)NC(=O)C1. The summed E-state index contributed by atoms with van der Waals surface area (Å²) < 4.78 is 13.5. The third-order valence-electron chi connectivity index (χ3n) is 3.25. The molecule has 1 unspecified atom stereocenters. The van der Waals surface area contributed by atoms with E-state index in [1.165, 1.54) is 12.1 Å². The van der Waals surface area contributed by atoms with Crippen molar-refractivity contribution in [3.05, 3.63) is 29.6 Å². The average Bonchev–Trinajstić information content (AvgIpc) is 2.37. The molecule has 1 saturated heterocycles. The van der Waals surface area contributed by atoms with Crippen molar-refractivity contribution in [2.75, 3.05) is 24.5 Å². The van der Waals surface area contributed by atoms with Crippen LogP contribution in [0.5, 0.6) is 0 Å². The Morgan fingerprint density at radius 3 is 2.60 bits per heavy atom. The lowest BCUT2D eigenvalue weighted by Gasteiger charge is -2.30. The van der Waals surface area contributed by atoms with Crippen molar-refractivity contribution in [1.29, 1.82) is 0 Å². The van der Waals surface area contributed by atoms with Gasteiger partial charge in [-0.2, -0.15) is 0 Å². The molecule has 6 heteroatoms. The number of anilines is 1. The molecule has 0 radical (unpaired) electrons. The minimum absolute atomic E-state index is 0.0641. The van der Waals surface area contributed by atoms with Gasteiger partial charge in [0.1, 0.15) is 5.82 Å². The third-order valence-corrected chi connectivity index (χ3v) is 3.25. The maximum Gasteiger partial charge on any atom is 0.246 e. The second kappa shape index (κ2) is 6.00. The molecule has 1 aliphatic rings. The number of rotatable bonds is 4. The Kier molecular flexibility index (Phi) is 4.34. The monoisotopic (exact) mass is 279 g/mol. The maximum absolute atomic E-state index is 13.5. The molecule has 1 aromatic carbocycles. The van der Waals surface area contributed by atoms with Crippen LogP contribution in [0.2, 0.25) is 0 Å². The van der Waals surface area contributed by atoms with Gasteiger partial charge in [-0.25, -0.2) is 4.39 Å². The first-order valence-corrected chi connectivity index (χ1v) is 6.61. The topological polar surface area (TPSA) is 61.4 Å². The van der Waals surface area contributed by atoms with E-state index in [-0.39, 0.29) is 36.8 Å². The number of benzene rings is 1. The Labute approximate surface area is 117 Å². The molecular weight excluding hydrogens is 261 g/mol. The maximum atomic E-state index is 13.5. The fourth-order valence-electron chi connectivity index (χ4n) is 2.38. The second-order valence-electron chi connectivity index (χ2n) is 4.81. The summed E-state index contributed by atoms with van der Waals surface area (Å²) in [5.74, 6) is -1.01. The van der Waals surface area contributed by atoms with Gasteiger partial charge in [0.15, 0.2) is 0 Å². The predicted octanol–water partition coefficient (Wildman–Crippen LogP) is 0.959. The Hall–Kier alpha value is -1.95. The van der Waals surface area contributed by atoms with E-state index in [0.29, 0.717) is 5.69 Å². The van der Waals surface area contributed by atoms with Crippen LogP contribution in [0.1, 0.15) is 25.5 Å². The van der Waals surface area contributed by atoms with Crippen molar-refractivity contribution >= 4 is 17.5 Å². The van der Waals surface area contributed by atoms with Gasteiger partial charge in [-0.05, 0) is 37.2 Å². The van der Waals surface area contributed by atoms with Crippen LogP contribution in [-0.2, 0) is 9.59 Å². The van der Waals surface area contributed by atoms with E-state index >= 15 is 0 Å². The highest BCUT2D eigenvalue weighted by atomic mass is 19.1. The summed E-state index contributed by atoms with van der Waals surface area (Å²) >= 11 is 0. The summed E-state index contributed by atoms with van der Waals surface area (Å²) in [6.07, 6.45) is 0. The molecule has 1 aliphatic heterocycles. The largest absolute Gasteiger partial charge is 0.353 e.